The average molecular weight is 234 g/mol. The number of nitrogens with one attached hydrogen (secondary N) is 1. The molecule has 0 bridgehead atoms. The number of rotatable bonds is 9. The summed E-state index contributed by atoms with van der Waals surface area (Å²) in [4.78, 5) is 12.8. The summed E-state index contributed by atoms with van der Waals surface area (Å²) in [7, 11) is 3.57. The standard InChI is InChI=1S/C10H22N2O2S/c1-4-15-14-9-8-11-7-5-6-10(13)12(2)3/h11H,4-9H2,1-3H3. The van der Waals surface area contributed by atoms with Gasteiger partial charge in [-0.05, 0) is 25.0 Å². The quantitative estimate of drug-likeness (QED) is 0.480. The maximum absolute atomic E-state index is 11.2. The van der Waals surface area contributed by atoms with Crippen molar-refractivity contribution in [3.63, 3.8) is 0 Å². The number of amides is 1. The Kier molecular flexibility index (Phi) is 10.1. The summed E-state index contributed by atoms with van der Waals surface area (Å²) >= 11 is 1.48. The fraction of sp³-hybridized carbons (Fsp3) is 0.900. The molecular formula is C10H22N2O2S. The lowest BCUT2D eigenvalue weighted by Crippen LogP contribution is -2.24. The molecule has 0 spiro atoms. The predicted molar refractivity (Wildman–Crippen MR) is 64.9 cm³/mol. The van der Waals surface area contributed by atoms with Gasteiger partial charge in [0.1, 0.15) is 0 Å². The highest BCUT2D eigenvalue weighted by molar-refractivity contribution is 7.94. The Balaban J connectivity index is 3.08. The van der Waals surface area contributed by atoms with Crippen LogP contribution in [0.15, 0.2) is 0 Å². The van der Waals surface area contributed by atoms with Gasteiger partial charge >= 0.3 is 0 Å². The van der Waals surface area contributed by atoms with E-state index in [-0.39, 0.29) is 5.91 Å². The Hall–Kier alpha value is -0.260. The molecule has 4 nitrogen and oxygen atoms in total. The summed E-state index contributed by atoms with van der Waals surface area (Å²) in [6.45, 7) is 4.51. The molecule has 0 atom stereocenters. The molecule has 0 saturated carbocycles. The van der Waals surface area contributed by atoms with Crippen molar-refractivity contribution in [2.24, 2.45) is 0 Å². The number of nitrogens with zero attached hydrogens (tertiary/aromatic N) is 1. The summed E-state index contributed by atoms with van der Waals surface area (Å²) in [5, 5.41) is 3.23. The molecule has 0 fully saturated rings. The highest BCUT2D eigenvalue weighted by Crippen LogP contribution is 1.98. The molecule has 0 saturated heterocycles. The van der Waals surface area contributed by atoms with E-state index in [1.54, 1.807) is 19.0 Å². The molecule has 0 heterocycles. The molecule has 1 N–H and O–H groups in total. The molecule has 0 aromatic rings. The number of carbonyl (C=O) groups excluding carboxylic acids is 1. The van der Waals surface area contributed by atoms with Gasteiger partial charge in [-0.15, -0.1) is 0 Å². The zero-order valence-corrected chi connectivity index (χ0v) is 10.7. The van der Waals surface area contributed by atoms with Gasteiger partial charge in [0.15, 0.2) is 0 Å². The topological polar surface area (TPSA) is 41.6 Å². The minimum Gasteiger partial charge on any atom is -0.349 e. The maximum Gasteiger partial charge on any atom is 0.222 e. The van der Waals surface area contributed by atoms with Crippen molar-refractivity contribution < 1.29 is 8.98 Å². The molecule has 0 aliphatic heterocycles. The smallest absolute Gasteiger partial charge is 0.222 e. The highest BCUT2D eigenvalue weighted by Gasteiger charge is 2.01. The number of carbonyl (C=O) groups is 1. The minimum atomic E-state index is 0.189. The average Bonchev–Trinajstić information content (AvgIpc) is 2.21. The van der Waals surface area contributed by atoms with E-state index < -0.39 is 0 Å². The lowest BCUT2D eigenvalue weighted by atomic mass is 10.3. The van der Waals surface area contributed by atoms with Crippen LogP contribution in [0.5, 0.6) is 0 Å². The Bertz CT molecular complexity index is 166. The van der Waals surface area contributed by atoms with Crippen LogP contribution in [0.2, 0.25) is 0 Å². The van der Waals surface area contributed by atoms with Crippen LogP contribution in [0.4, 0.5) is 0 Å². The normalized spacial score (nSPS) is 10.3. The fourth-order valence-corrected chi connectivity index (χ4v) is 1.34. The van der Waals surface area contributed by atoms with E-state index in [2.05, 4.69) is 12.2 Å². The number of hydrogen-bond donors (Lipinski definition) is 1. The van der Waals surface area contributed by atoms with Gasteiger partial charge in [0.25, 0.3) is 0 Å². The zero-order valence-electron chi connectivity index (χ0n) is 9.91. The number of hydrogen-bond acceptors (Lipinski definition) is 4. The van der Waals surface area contributed by atoms with E-state index >= 15 is 0 Å². The van der Waals surface area contributed by atoms with Crippen LogP contribution >= 0.6 is 12.0 Å². The first-order chi connectivity index (χ1) is 7.18. The van der Waals surface area contributed by atoms with Gasteiger partial charge < -0.3 is 14.4 Å². The molecule has 90 valence electrons. The SMILES string of the molecule is CCSOCCNCCCC(=O)N(C)C. The van der Waals surface area contributed by atoms with Gasteiger partial charge in [0, 0.05) is 32.8 Å². The summed E-state index contributed by atoms with van der Waals surface area (Å²) in [6.07, 6.45) is 1.50. The van der Waals surface area contributed by atoms with Crippen molar-refractivity contribution in [3.8, 4) is 0 Å². The second-order valence-corrected chi connectivity index (χ2v) is 4.42. The van der Waals surface area contributed by atoms with Crippen LogP contribution in [0.3, 0.4) is 0 Å². The molecule has 5 heteroatoms. The Morgan fingerprint density at radius 2 is 2.13 bits per heavy atom. The molecule has 0 aliphatic carbocycles. The molecule has 0 aromatic heterocycles. The van der Waals surface area contributed by atoms with E-state index in [1.165, 1.54) is 12.0 Å². The third-order valence-corrected chi connectivity index (χ3v) is 2.38. The molecule has 1 amide bonds. The molecule has 0 radical (unpaired) electrons. The van der Waals surface area contributed by atoms with E-state index in [9.17, 15) is 4.79 Å². The van der Waals surface area contributed by atoms with Gasteiger partial charge in [-0.3, -0.25) is 4.79 Å². The van der Waals surface area contributed by atoms with E-state index in [4.69, 9.17) is 4.18 Å². The lowest BCUT2D eigenvalue weighted by Gasteiger charge is -2.09. The summed E-state index contributed by atoms with van der Waals surface area (Å²) in [6, 6.07) is 0. The summed E-state index contributed by atoms with van der Waals surface area (Å²) in [5.41, 5.74) is 0. The second kappa shape index (κ2) is 10.3. The van der Waals surface area contributed by atoms with Crippen LogP contribution in [0.25, 0.3) is 0 Å². The van der Waals surface area contributed by atoms with Crippen LogP contribution in [-0.2, 0) is 8.98 Å². The molecular weight excluding hydrogens is 212 g/mol. The first-order valence-electron chi connectivity index (χ1n) is 5.33. The van der Waals surface area contributed by atoms with Gasteiger partial charge in [-0.25, -0.2) is 0 Å². The van der Waals surface area contributed by atoms with Crippen LogP contribution < -0.4 is 5.32 Å². The largest absolute Gasteiger partial charge is 0.349 e. The van der Waals surface area contributed by atoms with E-state index in [0.717, 1.165) is 31.9 Å². The fourth-order valence-electron chi connectivity index (χ4n) is 0.969. The summed E-state index contributed by atoms with van der Waals surface area (Å²) < 4.78 is 5.23. The van der Waals surface area contributed by atoms with Crippen molar-refractivity contribution in [2.75, 3.05) is 39.5 Å². The first kappa shape index (κ1) is 14.7. The third kappa shape index (κ3) is 10.0. The monoisotopic (exact) mass is 234 g/mol. The first-order valence-corrected chi connectivity index (χ1v) is 6.24. The zero-order chi connectivity index (χ0) is 11.5. The van der Waals surface area contributed by atoms with E-state index in [1.807, 2.05) is 0 Å². The Labute approximate surface area is 96.9 Å². The minimum absolute atomic E-state index is 0.189. The maximum atomic E-state index is 11.2. The molecule has 0 aromatic carbocycles. The van der Waals surface area contributed by atoms with E-state index in [0.29, 0.717) is 6.42 Å². The highest BCUT2D eigenvalue weighted by atomic mass is 32.2. The van der Waals surface area contributed by atoms with Gasteiger partial charge in [-0.1, -0.05) is 6.92 Å². The molecule has 15 heavy (non-hydrogen) atoms. The lowest BCUT2D eigenvalue weighted by molar-refractivity contribution is -0.128. The van der Waals surface area contributed by atoms with Crippen LogP contribution in [0.1, 0.15) is 19.8 Å². The summed E-state index contributed by atoms with van der Waals surface area (Å²) in [5.74, 6) is 1.17. The van der Waals surface area contributed by atoms with Crippen molar-refractivity contribution in [3.05, 3.63) is 0 Å². The van der Waals surface area contributed by atoms with Crippen LogP contribution in [-0.4, -0.2) is 50.4 Å². The van der Waals surface area contributed by atoms with Gasteiger partial charge in [-0.2, -0.15) is 0 Å². The van der Waals surface area contributed by atoms with Crippen molar-refractivity contribution in [2.45, 2.75) is 19.8 Å². The molecule has 0 rings (SSSR count). The molecule has 0 unspecified atom stereocenters. The van der Waals surface area contributed by atoms with Gasteiger partial charge in [0.2, 0.25) is 5.91 Å². The third-order valence-electron chi connectivity index (χ3n) is 1.81. The van der Waals surface area contributed by atoms with Crippen LogP contribution in [0, 0.1) is 0 Å². The second-order valence-electron chi connectivity index (χ2n) is 3.37. The molecule has 0 aliphatic rings. The van der Waals surface area contributed by atoms with Crippen molar-refractivity contribution >= 4 is 17.9 Å². The Morgan fingerprint density at radius 1 is 1.40 bits per heavy atom. The van der Waals surface area contributed by atoms with Crippen molar-refractivity contribution in [1.82, 2.24) is 10.2 Å². The predicted octanol–water partition coefficient (Wildman–Crippen LogP) is 1.13. The Morgan fingerprint density at radius 3 is 2.73 bits per heavy atom. The van der Waals surface area contributed by atoms with Gasteiger partial charge in [0.05, 0.1) is 6.61 Å². The van der Waals surface area contributed by atoms with Crippen molar-refractivity contribution in [1.29, 1.82) is 0 Å².